The maximum atomic E-state index is 12.5. The molecule has 0 radical (unpaired) electrons. The van der Waals surface area contributed by atoms with Gasteiger partial charge in [0.2, 0.25) is 0 Å². The number of carbonyl (C=O) groups excluding carboxylic acids is 2. The molecule has 3 rings (SSSR count). The summed E-state index contributed by atoms with van der Waals surface area (Å²) in [5.74, 6) is 0.603. The molecule has 0 bridgehead atoms. The van der Waals surface area contributed by atoms with Gasteiger partial charge in [0.1, 0.15) is 0 Å². The molecule has 2 aromatic carbocycles. The molecular formula is C20H22N2O4. The van der Waals surface area contributed by atoms with Crippen LogP contribution in [0.5, 0.6) is 11.5 Å². The molecule has 2 N–H and O–H groups in total. The van der Waals surface area contributed by atoms with Gasteiger partial charge >= 0.3 is 0 Å². The summed E-state index contributed by atoms with van der Waals surface area (Å²) in [6.07, 6.45) is 2.12. The number of methoxy groups -OCH3 is 2. The smallest absolute Gasteiger partial charge is 0.255 e. The van der Waals surface area contributed by atoms with E-state index in [0.29, 0.717) is 35.2 Å². The van der Waals surface area contributed by atoms with Gasteiger partial charge < -0.3 is 20.1 Å². The van der Waals surface area contributed by atoms with Crippen molar-refractivity contribution in [3.05, 3.63) is 59.2 Å². The van der Waals surface area contributed by atoms with Gasteiger partial charge in [-0.05, 0) is 42.7 Å². The standard InChI is InChI=1S/C20H22N2O4/c1-25-17-5-3-4-16(18(17)26-2)20(24)21-12-13-6-8-14(9-7-13)19(23)22-15-10-11-15/h3-9,15H,10-12H2,1-2H3,(H,21,24)(H,22,23). The predicted molar refractivity (Wildman–Crippen MR) is 97.6 cm³/mol. The first-order valence-corrected chi connectivity index (χ1v) is 8.51. The van der Waals surface area contributed by atoms with Gasteiger partial charge in [0.25, 0.3) is 11.8 Å². The van der Waals surface area contributed by atoms with E-state index >= 15 is 0 Å². The Labute approximate surface area is 152 Å². The Morgan fingerprint density at radius 2 is 1.73 bits per heavy atom. The molecule has 2 aromatic rings. The molecule has 0 aliphatic heterocycles. The molecule has 0 aromatic heterocycles. The van der Waals surface area contributed by atoms with Gasteiger partial charge in [0, 0.05) is 18.2 Å². The van der Waals surface area contributed by atoms with E-state index < -0.39 is 0 Å². The Morgan fingerprint density at radius 3 is 2.35 bits per heavy atom. The van der Waals surface area contributed by atoms with Crippen LogP contribution in [-0.2, 0) is 6.54 Å². The molecule has 26 heavy (non-hydrogen) atoms. The summed E-state index contributed by atoms with van der Waals surface area (Å²) in [5, 5.41) is 5.81. The van der Waals surface area contributed by atoms with Crippen LogP contribution in [0.15, 0.2) is 42.5 Å². The molecule has 1 aliphatic carbocycles. The lowest BCUT2D eigenvalue weighted by molar-refractivity contribution is 0.0939. The minimum Gasteiger partial charge on any atom is -0.493 e. The summed E-state index contributed by atoms with van der Waals surface area (Å²) in [5.41, 5.74) is 1.94. The average molecular weight is 354 g/mol. The minimum atomic E-state index is -0.253. The topological polar surface area (TPSA) is 76.7 Å². The van der Waals surface area contributed by atoms with E-state index in [1.165, 1.54) is 14.2 Å². The number of nitrogens with one attached hydrogen (secondary N) is 2. The lowest BCUT2D eigenvalue weighted by Crippen LogP contribution is -2.25. The van der Waals surface area contributed by atoms with Crippen molar-refractivity contribution >= 4 is 11.8 Å². The zero-order valence-corrected chi connectivity index (χ0v) is 14.9. The van der Waals surface area contributed by atoms with Crippen LogP contribution in [0.2, 0.25) is 0 Å². The lowest BCUT2D eigenvalue weighted by atomic mass is 10.1. The number of benzene rings is 2. The molecular weight excluding hydrogens is 332 g/mol. The number of ether oxygens (including phenoxy) is 2. The van der Waals surface area contributed by atoms with Gasteiger partial charge in [0.15, 0.2) is 11.5 Å². The third kappa shape index (κ3) is 4.14. The van der Waals surface area contributed by atoms with Crippen molar-refractivity contribution in [2.24, 2.45) is 0 Å². The van der Waals surface area contributed by atoms with Crippen LogP contribution in [-0.4, -0.2) is 32.1 Å². The van der Waals surface area contributed by atoms with Crippen LogP contribution in [0.25, 0.3) is 0 Å². The third-order valence-corrected chi connectivity index (χ3v) is 4.23. The fourth-order valence-corrected chi connectivity index (χ4v) is 2.61. The highest BCUT2D eigenvalue weighted by Crippen LogP contribution is 2.30. The van der Waals surface area contributed by atoms with Crippen molar-refractivity contribution in [3.63, 3.8) is 0 Å². The van der Waals surface area contributed by atoms with Crippen LogP contribution >= 0.6 is 0 Å². The Bertz CT molecular complexity index is 798. The van der Waals surface area contributed by atoms with Gasteiger partial charge in [-0.15, -0.1) is 0 Å². The minimum absolute atomic E-state index is 0.0517. The van der Waals surface area contributed by atoms with Crippen LogP contribution in [0.1, 0.15) is 39.1 Å². The molecule has 0 atom stereocenters. The molecule has 6 nitrogen and oxygen atoms in total. The first-order valence-electron chi connectivity index (χ1n) is 8.51. The van der Waals surface area contributed by atoms with E-state index in [2.05, 4.69) is 10.6 Å². The second kappa shape index (κ2) is 7.91. The first-order chi connectivity index (χ1) is 12.6. The van der Waals surface area contributed by atoms with Crippen molar-refractivity contribution in [3.8, 4) is 11.5 Å². The Hall–Kier alpha value is -3.02. The number of hydrogen-bond donors (Lipinski definition) is 2. The van der Waals surface area contributed by atoms with Crippen LogP contribution in [0, 0.1) is 0 Å². The van der Waals surface area contributed by atoms with E-state index in [-0.39, 0.29) is 11.8 Å². The maximum Gasteiger partial charge on any atom is 0.255 e. The van der Waals surface area contributed by atoms with E-state index in [9.17, 15) is 9.59 Å². The van der Waals surface area contributed by atoms with Gasteiger partial charge in [-0.2, -0.15) is 0 Å². The molecule has 1 aliphatic rings. The second-order valence-electron chi connectivity index (χ2n) is 6.17. The van der Waals surface area contributed by atoms with Crippen LogP contribution in [0.3, 0.4) is 0 Å². The summed E-state index contributed by atoms with van der Waals surface area (Å²) in [6.45, 7) is 0.351. The average Bonchev–Trinajstić information content (AvgIpc) is 3.49. The number of para-hydroxylation sites is 1. The van der Waals surface area contributed by atoms with Crippen molar-refractivity contribution in [2.75, 3.05) is 14.2 Å². The Kier molecular flexibility index (Phi) is 5.41. The molecule has 1 saturated carbocycles. The Morgan fingerprint density at radius 1 is 1.00 bits per heavy atom. The number of carbonyl (C=O) groups is 2. The SMILES string of the molecule is COc1cccc(C(=O)NCc2ccc(C(=O)NC3CC3)cc2)c1OC. The van der Waals surface area contributed by atoms with Gasteiger partial charge in [-0.1, -0.05) is 18.2 Å². The molecule has 0 unspecified atom stereocenters. The molecule has 0 spiro atoms. The maximum absolute atomic E-state index is 12.5. The molecule has 2 amide bonds. The monoisotopic (exact) mass is 354 g/mol. The summed E-state index contributed by atoms with van der Waals surface area (Å²) in [4.78, 5) is 24.4. The van der Waals surface area contributed by atoms with Crippen molar-refractivity contribution in [1.29, 1.82) is 0 Å². The van der Waals surface area contributed by atoms with Gasteiger partial charge in [-0.25, -0.2) is 0 Å². The highest BCUT2D eigenvalue weighted by atomic mass is 16.5. The lowest BCUT2D eigenvalue weighted by Gasteiger charge is -2.12. The van der Waals surface area contributed by atoms with Crippen molar-refractivity contribution in [1.82, 2.24) is 10.6 Å². The fraction of sp³-hybridized carbons (Fsp3) is 0.300. The fourth-order valence-electron chi connectivity index (χ4n) is 2.61. The summed E-state index contributed by atoms with van der Waals surface area (Å²) in [6, 6.07) is 12.7. The van der Waals surface area contributed by atoms with E-state index in [0.717, 1.165) is 18.4 Å². The largest absolute Gasteiger partial charge is 0.493 e. The van der Waals surface area contributed by atoms with Crippen LogP contribution in [0.4, 0.5) is 0 Å². The highest BCUT2D eigenvalue weighted by Gasteiger charge is 2.23. The highest BCUT2D eigenvalue weighted by molar-refractivity contribution is 5.98. The number of amides is 2. The van der Waals surface area contributed by atoms with E-state index in [4.69, 9.17) is 9.47 Å². The summed E-state index contributed by atoms with van der Waals surface area (Å²) >= 11 is 0. The number of hydrogen-bond acceptors (Lipinski definition) is 4. The first kappa shape index (κ1) is 17.8. The second-order valence-corrected chi connectivity index (χ2v) is 6.17. The molecule has 1 fully saturated rings. The summed E-state index contributed by atoms with van der Waals surface area (Å²) in [7, 11) is 3.03. The normalized spacial score (nSPS) is 13.0. The van der Waals surface area contributed by atoms with Crippen molar-refractivity contribution in [2.45, 2.75) is 25.4 Å². The zero-order valence-electron chi connectivity index (χ0n) is 14.9. The zero-order chi connectivity index (χ0) is 18.5. The molecule has 136 valence electrons. The van der Waals surface area contributed by atoms with E-state index in [1.807, 2.05) is 12.1 Å². The molecule has 6 heteroatoms. The quantitative estimate of drug-likeness (QED) is 0.801. The number of rotatable bonds is 7. The Balaban J connectivity index is 1.61. The van der Waals surface area contributed by atoms with E-state index in [1.54, 1.807) is 30.3 Å². The predicted octanol–water partition coefficient (Wildman–Crippen LogP) is 2.53. The van der Waals surface area contributed by atoms with Crippen LogP contribution < -0.4 is 20.1 Å². The molecule has 0 heterocycles. The van der Waals surface area contributed by atoms with Crippen molar-refractivity contribution < 1.29 is 19.1 Å². The third-order valence-electron chi connectivity index (χ3n) is 4.23. The van der Waals surface area contributed by atoms with Gasteiger partial charge in [0.05, 0.1) is 19.8 Å². The summed E-state index contributed by atoms with van der Waals surface area (Å²) < 4.78 is 10.5. The molecule has 0 saturated heterocycles. The van der Waals surface area contributed by atoms with Gasteiger partial charge in [-0.3, -0.25) is 9.59 Å².